The average molecular weight is 249 g/mol. The molecule has 3 N–H and O–H groups in total. The zero-order valence-corrected chi connectivity index (χ0v) is 10.5. The molecule has 0 radical (unpaired) electrons. The van der Waals surface area contributed by atoms with Crippen LogP contribution in [-0.2, 0) is 6.42 Å². The van der Waals surface area contributed by atoms with Crippen molar-refractivity contribution in [3.8, 4) is 17.0 Å². The Labute approximate surface area is 105 Å². The molecule has 2 rings (SSSR count). The van der Waals surface area contributed by atoms with Crippen molar-refractivity contribution in [3.05, 3.63) is 35.3 Å². The molecule has 2 aromatic rings. The molecule has 1 aromatic heterocycles. The van der Waals surface area contributed by atoms with E-state index in [9.17, 15) is 4.39 Å². The van der Waals surface area contributed by atoms with E-state index in [0.29, 0.717) is 23.6 Å². The van der Waals surface area contributed by atoms with E-state index in [1.807, 2.05) is 6.92 Å². The van der Waals surface area contributed by atoms with Crippen LogP contribution in [0.15, 0.2) is 18.2 Å². The first-order valence-corrected chi connectivity index (χ1v) is 5.75. The lowest BCUT2D eigenvalue weighted by atomic mass is 10.0. The summed E-state index contributed by atoms with van der Waals surface area (Å²) < 4.78 is 18.6. The molecule has 4 nitrogen and oxygen atoms in total. The van der Waals surface area contributed by atoms with Crippen LogP contribution in [0.2, 0.25) is 0 Å². The number of benzene rings is 1. The van der Waals surface area contributed by atoms with E-state index >= 15 is 0 Å². The van der Waals surface area contributed by atoms with Crippen LogP contribution in [0, 0.1) is 12.7 Å². The Morgan fingerprint density at radius 2 is 2.22 bits per heavy atom. The Bertz CT molecular complexity index is 551. The molecule has 0 unspecified atom stereocenters. The molecule has 0 saturated heterocycles. The monoisotopic (exact) mass is 249 g/mol. The molecule has 0 atom stereocenters. The molecule has 0 bridgehead atoms. The molecule has 0 amide bonds. The molecule has 0 aliphatic carbocycles. The van der Waals surface area contributed by atoms with Crippen LogP contribution in [0.5, 0.6) is 5.75 Å². The summed E-state index contributed by atoms with van der Waals surface area (Å²) in [5, 5.41) is 7.16. The quantitative estimate of drug-likeness (QED) is 0.871. The van der Waals surface area contributed by atoms with E-state index < -0.39 is 0 Å². The van der Waals surface area contributed by atoms with E-state index in [1.165, 1.54) is 12.1 Å². The van der Waals surface area contributed by atoms with Gasteiger partial charge in [0.15, 0.2) is 0 Å². The Kier molecular flexibility index (Phi) is 3.62. The number of hydrogen-bond acceptors (Lipinski definition) is 3. The minimum absolute atomic E-state index is 0.312. The van der Waals surface area contributed by atoms with Gasteiger partial charge in [-0.1, -0.05) is 0 Å². The summed E-state index contributed by atoms with van der Waals surface area (Å²) >= 11 is 0. The number of methoxy groups -OCH3 is 1. The number of ether oxygens (including phenoxy) is 1. The molecule has 0 saturated carbocycles. The van der Waals surface area contributed by atoms with Crippen molar-refractivity contribution >= 4 is 0 Å². The van der Waals surface area contributed by atoms with Gasteiger partial charge >= 0.3 is 0 Å². The maximum Gasteiger partial charge on any atom is 0.128 e. The lowest BCUT2D eigenvalue weighted by Gasteiger charge is -2.07. The first-order valence-electron chi connectivity index (χ1n) is 5.75. The minimum atomic E-state index is -0.312. The topological polar surface area (TPSA) is 63.9 Å². The smallest absolute Gasteiger partial charge is 0.128 e. The Morgan fingerprint density at radius 1 is 1.44 bits per heavy atom. The summed E-state index contributed by atoms with van der Waals surface area (Å²) in [6.07, 6.45) is 0.719. The highest BCUT2D eigenvalue weighted by Gasteiger charge is 2.15. The van der Waals surface area contributed by atoms with Gasteiger partial charge in [-0.15, -0.1) is 0 Å². The van der Waals surface area contributed by atoms with Crippen molar-refractivity contribution < 1.29 is 9.13 Å². The molecule has 96 valence electrons. The number of nitrogens with two attached hydrogens (primary N) is 1. The van der Waals surface area contributed by atoms with Gasteiger partial charge in [0, 0.05) is 17.7 Å². The average Bonchev–Trinajstić information content (AvgIpc) is 2.72. The van der Waals surface area contributed by atoms with Crippen molar-refractivity contribution in [3.63, 3.8) is 0 Å². The highest BCUT2D eigenvalue weighted by molar-refractivity contribution is 5.70. The lowest BCUT2D eigenvalue weighted by molar-refractivity contribution is 0.415. The normalized spacial score (nSPS) is 10.7. The number of rotatable bonds is 4. The van der Waals surface area contributed by atoms with E-state index in [-0.39, 0.29) is 5.82 Å². The fourth-order valence-corrected chi connectivity index (χ4v) is 1.95. The third kappa shape index (κ3) is 2.22. The molecule has 5 heteroatoms. The van der Waals surface area contributed by atoms with Crippen LogP contribution in [0.4, 0.5) is 4.39 Å². The van der Waals surface area contributed by atoms with E-state index in [1.54, 1.807) is 13.2 Å². The van der Waals surface area contributed by atoms with Gasteiger partial charge in [0.05, 0.1) is 12.8 Å². The van der Waals surface area contributed by atoms with E-state index in [2.05, 4.69) is 10.2 Å². The summed E-state index contributed by atoms with van der Waals surface area (Å²) in [5.74, 6) is 0.291. The Balaban J connectivity index is 2.51. The van der Waals surface area contributed by atoms with Crippen molar-refractivity contribution in [1.82, 2.24) is 10.2 Å². The molecule has 0 aliphatic heterocycles. The van der Waals surface area contributed by atoms with Gasteiger partial charge in [0.1, 0.15) is 11.6 Å². The van der Waals surface area contributed by atoms with E-state index in [4.69, 9.17) is 10.5 Å². The largest absolute Gasteiger partial charge is 0.496 e. The second kappa shape index (κ2) is 5.18. The van der Waals surface area contributed by atoms with Crippen molar-refractivity contribution in [2.75, 3.05) is 13.7 Å². The summed E-state index contributed by atoms with van der Waals surface area (Å²) in [6, 6.07) is 4.39. The number of halogens is 1. The van der Waals surface area contributed by atoms with Crippen LogP contribution in [-0.4, -0.2) is 23.9 Å². The van der Waals surface area contributed by atoms with Gasteiger partial charge in [-0.2, -0.15) is 5.10 Å². The fourth-order valence-electron chi connectivity index (χ4n) is 1.95. The summed E-state index contributed by atoms with van der Waals surface area (Å²) in [4.78, 5) is 0. The maximum absolute atomic E-state index is 13.3. The number of nitrogens with one attached hydrogen (secondary N) is 1. The summed E-state index contributed by atoms with van der Waals surface area (Å²) in [7, 11) is 1.56. The Morgan fingerprint density at radius 3 is 2.89 bits per heavy atom. The number of hydrogen-bond donors (Lipinski definition) is 2. The van der Waals surface area contributed by atoms with Crippen molar-refractivity contribution in [1.29, 1.82) is 0 Å². The number of H-pyrrole nitrogens is 1. The molecule has 0 aliphatic rings. The first-order chi connectivity index (χ1) is 8.67. The number of aromatic nitrogens is 2. The second-order valence-corrected chi connectivity index (χ2v) is 4.06. The van der Waals surface area contributed by atoms with Gasteiger partial charge in [-0.25, -0.2) is 4.39 Å². The first kappa shape index (κ1) is 12.6. The standard InChI is InChI=1S/C13H16FN3O/c1-8-11(5-6-15)16-17-13(8)10-7-9(14)3-4-12(10)18-2/h3-4,7H,5-6,15H2,1-2H3,(H,16,17). The predicted octanol–water partition coefficient (Wildman–Crippen LogP) is 2.03. The molecule has 18 heavy (non-hydrogen) atoms. The van der Waals surface area contributed by atoms with E-state index in [0.717, 1.165) is 17.7 Å². The highest BCUT2D eigenvalue weighted by atomic mass is 19.1. The minimum Gasteiger partial charge on any atom is -0.496 e. The number of nitrogens with zero attached hydrogens (tertiary/aromatic N) is 1. The third-order valence-corrected chi connectivity index (χ3v) is 2.92. The SMILES string of the molecule is COc1ccc(F)cc1-c1n[nH]c(CCN)c1C. The molecular weight excluding hydrogens is 233 g/mol. The van der Waals surface area contributed by atoms with Gasteiger partial charge < -0.3 is 10.5 Å². The van der Waals surface area contributed by atoms with Gasteiger partial charge in [0.2, 0.25) is 0 Å². The highest BCUT2D eigenvalue weighted by Crippen LogP contribution is 2.32. The zero-order valence-electron chi connectivity index (χ0n) is 10.5. The lowest BCUT2D eigenvalue weighted by Crippen LogP contribution is -2.03. The van der Waals surface area contributed by atoms with Crippen LogP contribution in [0.25, 0.3) is 11.3 Å². The fraction of sp³-hybridized carbons (Fsp3) is 0.308. The Hall–Kier alpha value is -1.88. The summed E-state index contributed by atoms with van der Waals surface area (Å²) in [5.41, 5.74) is 8.82. The third-order valence-electron chi connectivity index (χ3n) is 2.92. The van der Waals surface area contributed by atoms with Crippen LogP contribution in [0.1, 0.15) is 11.3 Å². The van der Waals surface area contributed by atoms with Crippen molar-refractivity contribution in [2.24, 2.45) is 5.73 Å². The van der Waals surface area contributed by atoms with Gasteiger partial charge in [-0.05, 0) is 37.2 Å². The number of aromatic amines is 1. The predicted molar refractivity (Wildman–Crippen MR) is 68.0 cm³/mol. The van der Waals surface area contributed by atoms with Crippen LogP contribution < -0.4 is 10.5 Å². The van der Waals surface area contributed by atoms with Gasteiger partial charge in [0.25, 0.3) is 0 Å². The molecular formula is C13H16FN3O. The van der Waals surface area contributed by atoms with Crippen LogP contribution in [0.3, 0.4) is 0 Å². The summed E-state index contributed by atoms with van der Waals surface area (Å²) in [6.45, 7) is 2.48. The van der Waals surface area contributed by atoms with Crippen LogP contribution >= 0.6 is 0 Å². The second-order valence-electron chi connectivity index (χ2n) is 4.06. The molecule has 1 heterocycles. The molecule has 0 spiro atoms. The zero-order chi connectivity index (χ0) is 13.1. The molecule has 1 aromatic carbocycles. The van der Waals surface area contributed by atoms with Gasteiger partial charge in [-0.3, -0.25) is 5.10 Å². The van der Waals surface area contributed by atoms with Crippen molar-refractivity contribution in [2.45, 2.75) is 13.3 Å². The molecule has 0 fully saturated rings. The maximum atomic E-state index is 13.3.